The molecule has 3 heterocycles. The van der Waals surface area contributed by atoms with Crippen molar-refractivity contribution in [3.05, 3.63) is 18.1 Å². The molecular weight excluding hydrogens is 276 g/mol. The number of aryl methyl sites for hydroxylation is 1. The first-order valence-electron chi connectivity index (χ1n) is 6.82. The Bertz CT molecular complexity index is 659. The van der Waals surface area contributed by atoms with E-state index < -0.39 is 24.5 Å². The smallest absolute Gasteiger partial charge is 0.164 e. The Kier molecular flexibility index (Phi) is 3.54. The number of aliphatic hydroxyl groups excluding tert-OH is 3. The number of hydrogen-bond acceptors (Lipinski definition) is 7. The van der Waals surface area contributed by atoms with Crippen LogP contribution >= 0.6 is 0 Å². The van der Waals surface area contributed by atoms with Gasteiger partial charge in [-0.3, -0.25) is 0 Å². The number of rotatable bonds is 3. The maximum Gasteiger partial charge on any atom is 0.164 e. The first-order valence-corrected chi connectivity index (χ1v) is 6.82. The van der Waals surface area contributed by atoms with Crippen LogP contribution in [0.1, 0.15) is 19.0 Å². The van der Waals surface area contributed by atoms with Crippen LogP contribution in [0.3, 0.4) is 0 Å². The van der Waals surface area contributed by atoms with E-state index in [9.17, 15) is 10.2 Å². The molecule has 21 heavy (non-hydrogen) atoms. The zero-order valence-electron chi connectivity index (χ0n) is 11.5. The highest BCUT2D eigenvalue weighted by molar-refractivity contribution is 5.86. The van der Waals surface area contributed by atoms with Gasteiger partial charge in [0.25, 0.3) is 0 Å². The Labute approximate surface area is 120 Å². The van der Waals surface area contributed by atoms with Gasteiger partial charge in [-0.05, 0) is 6.07 Å². The molecule has 2 aromatic heterocycles. The number of fused-ring (bicyclic) bond motifs is 1. The van der Waals surface area contributed by atoms with Gasteiger partial charge in [0.15, 0.2) is 6.23 Å². The van der Waals surface area contributed by atoms with Crippen LogP contribution in [0, 0.1) is 0 Å². The van der Waals surface area contributed by atoms with Crippen molar-refractivity contribution in [3.63, 3.8) is 0 Å². The molecule has 1 fully saturated rings. The van der Waals surface area contributed by atoms with Crippen molar-refractivity contribution >= 4 is 16.9 Å². The Morgan fingerprint density at radius 1 is 1.33 bits per heavy atom. The van der Waals surface area contributed by atoms with Gasteiger partial charge in [-0.2, -0.15) is 0 Å². The largest absolute Gasteiger partial charge is 0.394 e. The lowest BCUT2D eigenvalue weighted by Gasteiger charge is -2.17. The molecule has 0 aromatic carbocycles. The van der Waals surface area contributed by atoms with Crippen molar-refractivity contribution in [3.8, 4) is 0 Å². The lowest BCUT2D eigenvalue weighted by molar-refractivity contribution is -0.0508. The molecule has 0 bridgehead atoms. The Morgan fingerprint density at radius 3 is 2.71 bits per heavy atom. The summed E-state index contributed by atoms with van der Waals surface area (Å²) in [7, 11) is 0. The zero-order valence-corrected chi connectivity index (χ0v) is 11.5. The van der Waals surface area contributed by atoms with Crippen molar-refractivity contribution in [1.29, 1.82) is 0 Å². The summed E-state index contributed by atoms with van der Waals surface area (Å²) in [6.45, 7) is 1.55. The molecule has 0 amide bonds. The quantitative estimate of drug-likeness (QED) is 0.583. The number of nitrogen functional groups attached to an aromatic ring is 1. The van der Waals surface area contributed by atoms with Crippen LogP contribution in [-0.4, -0.2) is 54.8 Å². The topological polar surface area (TPSA) is 127 Å². The highest BCUT2D eigenvalue weighted by atomic mass is 16.6. The third-order valence-electron chi connectivity index (χ3n) is 3.76. The highest BCUT2D eigenvalue weighted by Crippen LogP contribution is 2.32. The molecular formula is C13H18N4O4. The number of ether oxygens (including phenoxy) is 1. The van der Waals surface area contributed by atoms with Gasteiger partial charge in [-0.15, -0.1) is 0 Å². The Morgan fingerprint density at radius 2 is 2.10 bits per heavy atom. The van der Waals surface area contributed by atoms with Crippen LogP contribution in [-0.2, 0) is 11.2 Å². The van der Waals surface area contributed by atoms with Crippen LogP contribution in [0.25, 0.3) is 11.0 Å². The predicted octanol–water partition coefficient (Wildman–Crippen LogP) is -0.813. The minimum absolute atomic E-state index is 0.363. The number of hydrogen-bond donors (Lipinski definition) is 4. The molecule has 0 spiro atoms. The summed E-state index contributed by atoms with van der Waals surface area (Å²) < 4.78 is 7.12. The van der Waals surface area contributed by atoms with Crippen molar-refractivity contribution in [1.82, 2.24) is 14.5 Å². The van der Waals surface area contributed by atoms with Gasteiger partial charge in [-0.1, -0.05) is 6.92 Å². The second kappa shape index (κ2) is 5.23. The first kappa shape index (κ1) is 14.2. The SMILES string of the molecule is CCc1nc(N)c2ccn([C@@H]3O[C@H](CO)[C@@H](O)[C@H]3O)c2n1. The van der Waals surface area contributed by atoms with E-state index in [1.165, 1.54) is 0 Å². The van der Waals surface area contributed by atoms with Crippen LogP contribution in [0.5, 0.6) is 0 Å². The minimum atomic E-state index is -1.15. The number of nitrogens with two attached hydrogens (primary N) is 1. The van der Waals surface area contributed by atoms with Crippen LogP contribution < -0.4 is 5.73 Å². The molecule has 4 atom stereocenters. The van der Waals surface area contributed by atoms with E-state index in [0.29, 0.717) is 29.1 Å². The monoisotopic (exact) mass is 294 g/mol. The van der Waals surface area contributed by atoms with E-state index in [1.54, 1.807) is 16.8 Å². The normalized spacial score (nSPS) is 29.3. The molecule has 0 unspecified atom stereocenters. The van der Waals surface area contributed by atoms with E-state index in [2.05, 4.69) is 9.97 Å². The standard InChI is InChI=1S/C13H18N4O4/c1-2-8-15-11(14)6-3-4-17(12(6)16-8)13-10(20)9(19)7(5-18)21-13/h3-4,7,9-10,13,18-20H,2,5H2,1H3,(H2,14,15,16)/t7-,9-,10-,13-/m1/s1. The summed E-state index contributed by atoms with van der Waals surface area (Å²) in [5.41, 5.74) is 6.44. The number of aliphatic hydroxyl groups is 3. The van der Waals surface area contributed by atoms with Crippen molar-refractivity contribution in [2.45, 2.75) is 37.9 Å². The predicted molar refractivity (Wildman–Crippen MR) is 74.3 cm³/mol. The average Bonchev–Trinajstić information content (AvgIpc) is 3.02. The van der Waals surface area contributed by atoms with E-state index in [1.807, 2.05) is 6.92 Å². The fourth-order valence-corrected chi connectivity index (χ4v) is 2.58. The molecule has 3 rings (SSSR count). The lowest BCUT2D eigenvalue weighted by atomic mass is 10.1. The van der Waals surface area contributed by atoms with E-state index in [-0.39, 0.29) is 6.61 Å². The van der Waals surface area contributed by atoms with Gasteiger partial charge in [0.1, 0.15) is 35.6 Å². The van der Waals surface area contributed by atoms with Crippen LogP contribution in [0.2, 0.25) is 0 Å². The minimum Gasteiger partial charge on any atom is -0.394 e. The summed E-state index contributed by atoms with van der Waals surface area (Å²) in [6.07, 6.45) is -1.65. The van der Waals surface area contributed by atoms with Crippen molar-refractivity contribution in [2.24, 2.45) is 0 Å². The van der Waals surface area contributed by atoms with Gasteiger partial charge in [-0.25, -0.2) is 9.97 Å². The van der Waals surface area contributed by atoms with E-state index in [0.717, 1.165) is 0 Å². The number of nitrogens with zero attached hydrogens (tertiary/aromatic N) is 3. The summed E-state index contributed by atoms with van der Waals surface area (Å²) in [6, 6.07) is 1.73. The maximum atomic E-state index is 10.1. The summed E-state index contributed by atoms with van der Waals surface area (Å²) in [5, 5.41) is 29.8. The molecule has 1 aliphatic heterocycles. The molecule has 8 nitrogen and oxygen atoms in total. The average molecular weight is 294 g/mol. The van der Waals surface area contributed by atoms with E-state index in [4.69, 9.17) is 15.6 Å². The molecule has 2 aromatic rings. The fourth-order valence-electron chi connectivity index (χ4n) is 2.58. The highest BCUT2D eigenvalue weighted by Gasteiger charge is 2.43. The van der Waals surface area contributed by atoms with Crippen LogP contribution in [0.4, 0.5) is 5.82 Å². The molecule has 114 valence electrons. The fraction of sp³-hybridized carbons (Fsp3) is 0.538. The Hall–Kier alpha value is -1.74. The second-order valence-corrected chi connectivity index (χ2v) is 5.07. The van der Waals surface area contributed by atoms with Gasteiger partial charge < -0.3 is 30.4 Å². The molecule has 5 N–H and O–H groups in total. The van der Waals surface area contributed by atoms with Gasteiger partial charge in [0.2, 0.25) is 0 Å². The molecule has 1 saturated heterocycles. The number of anilines is 1. The Balaban J connectivity index is 2.07. The maximum absolute atomic E-state index is 10.1. The van der Waals surface area contributed by atoms with Gasteiger partial charge in [0.05, 0.1) is 12.0 Å². The number of aromatic nitrogens is 3. The van der Waals surface area contributed by atoms with Crippen molar-refractivity contribution < 1.29 is 20.1 Å². The summed E-state index contributed by atoms with van der Waals surface area (Å²) in [5.74, 6) is 0.953. The summed E-state index contributed by atoms with van der Waals surface area (Å²) in [4.78, 5) is 8.59. The van der Waals surface area contributed by atoms with E-state index >= 15 is 0 Å². The molecule has 0 radical (unpaired) electrons. The third-order valence-corrected chi connectivity index (χ3v) is 3.76. The first-order chi connectivity index (χ1) is 10.1. The second-order valence-electron chi connectivity index (χ2n) is 5.07. The molecule has 0 aliphatic carbocycles. The molecule has 0 saturated carbocycles. The third kappa shape index (κ3) is 2.16. The van der Waals surface area contributed by atoms with Gasteiger partial charge in [0, 0.05) is 12.6 Å². The van der Waals surface area contributed by atoms with Crippen molar-refractivity contribution in [2.75, 3.05) is 12.3 Å². The molecule has 1 aliphatic rings. The molecule has 8 heteroatoms. The van der Waals surface area contributed by atoms with Crippen LogP contribution in [0.15, 0.2) is 12.3 Å². The summed E-state index contributed by atoms with van der Waals surface area (Å²) >= 11 is 0. The lowest BCUT2D eigenvalue weighted by Crippen LogP contribution is -2.33. The van der Waals surface area contributed by atoms with Gasteiger partial charge >= 0.3 is 0 Å². The zero-order chi connectivity index (χ0) is 15.1.